The molecule has 0 amide bonds. The third-order valence-corrected chi connectivity index (χ3v) is 1.75. The number of aliphatic hydroxyl groups excluding tert-OH is 1. The van der Waals surface area contributed by atoms with Crippen molar-refractivity contribution >= 4 is 22.2 Å². The fourth-order valence-electron chi connectivity index (χ4n) is 0.571. The summed E-state index contributed by atoms with van der Waals surface area (Å²) >= 11 is 3.23. The molecule has 0 saturated carbocycles. The first-order valence-electron chi connectivity index (χ1n) is 3.56. The molecule has 0 heterocycles. The van der Waals surface area contributed by atoms with E-state index >= 15 is 0 Å². The van der Waals surface area contributed by atoms with Gasteiger partial charge in [-0.1, -0.05) is 34.1 Å². The summed E-state index contributed by atoms with van der Waals surface area (Å²) in [4.78, 5) is 10.2. The molecular formula is C9H11BrO2. The van der Waals surface area contributed by atoms with E-state index in [1.165, 1.54) is 0 Å². The van der Waals surface area contributed by atoms with Gasteiger partial charge in [0, 0.05) is 16.6 Å². The van der Waals surface area contributed by atoms with Crippen molar-refractivity contribution in [2.24, 2.45) is 0 Å². The van der Waals surface area contributed by atoms with Crippen LogP contribution in [0.4, 0.5) is 0 Å². The molecule has 1 aromatic carbocycles. The van der Waals surface area contributed by atoms with E-state index in [-0.39, 0.29) is 6.61 Å². The van der Waals surface area contributed by atoms with Crippen molar-refractivity contribution in [2.75, 3.05) is 6.61 Å². The molecule has 0 bridgehead atoms. The number of halogens is 1. The third-order valence-electron chi connectivity index (χ3n) is 1.03. The Morgan fingerprint density at radius 2 is 2.00 bits per heavy atom. The Morgan fingerprint density at radius 1 is 1.50 bits per heavy atom. The minimum atomic E-state index is 0.250. The third kappa shape index (κ3) is 4.26. The average Bonchev–Trinajstić information content (AvgIpc) is 2.07. The number of hydrogen-bond donors (Lipinski definition) is 1. The number of carbonyl (C=O) groups excluding carboxylic acids is 1. The fourth-order valence-corrected chi connectivity index (χ4v) is 0.949. The normalized spacial score (nSPS) is 8.25. The van der Waals surface area contributed by atoms with Gasteiger partial charge in [-0.05, 0) is 13.0 Å². The van der Waals surface area contributed by atoms with Crippen LogP contribution in [-0.4, -0.2) is 18.0 Å². The Kier molecular flexibility index (Phi) is 6.61. The van der Waals surface area contributed by atoms with Crippen LogP contribution in [0.3, 0.4) is 0 Å². The number of hydrogen-bond acceptors (Lipinski definition) is 2. The number of carbonyl (C=O) groups is 1. The van der Waals surface area contributed by atoms with Crippen LogP contribution < -0.4 is 0 Å². The number of rotatable bonds is 1. The zero-order valence-electron chi connectivity index (χ0n) is 6.83. The summed E-state index contributed by atoms with van der Waals surface area (Å²) in [6, 6.07) is 7.30. The standard InChI is InChI=1S/C7H5BrO.C2H6O/c8-7-4-2-1-3-6(7)5-9;1-2-3/h1-5H;3H,2H2,1H3. The predicted octanol–water partition coefficient (Wildman–Crippen LogP) is 2.26. The maximum atomic E-state index is 10.2. The van der Waals surface area contributed by atoms with Gasteiger partial charge in [0.15, 0.2) is 6.29 Å². The van der Waals surface area contributed by atoms with Crippen LogP contribution >= 0.6 is 15.9 Å². The summed E-state index contributed by atoms with van der Waals surface area (Å²) in [6.45, 7) is 1.93. The summed E-state index contributed by atoms with van der Waals surface area (Å²) in [7, 11) is 0. The van der Waals surface area contributed by atoms with E-state index in [0.717, 1.165) is 10.8 Å². The molecule has 0 aliphatic carbocycles. The monoisotopic (exact) mass is 230 g/mol. The van der Waals surface area contributed by atoms with Crippen molar-refractivity contribution in [1.82, 2.24) is 0 Å². The zero-order chi connectivity index (χ0) is 9.40. The maximum absolute atomic E-state index is 10.2. The maximum Gasteiger partial charge on any atom is 0.151 e. The number of aliphatic hydroxyl groups is 1. The van der Waals surface area contributed by atoms with Crippen LogP contribution in [0.15, 0.2) is 28.7 Å². The summed E-state index contributed by atoms with van der Waals surface area (Å²) < 4.78 is 0.847. The Hall–Kier alpha value is -0.670. The molecule has 0 fully saturated rings. The lowest BCUT2D eigenvalue weighted by atomic mass is 10.2. The molecule has 1 aromatic rings. The smallest absolute Gasteiger partial charge is 0.151 e. The van der Waals surface area contributed by atoms with Crippen molar-refractivity contribution in [2.45, 2.75) is 6.92 Å². The molecular weight excluding hydrogens is 220 g/mol. The molecule has 66 valence electrons. The summed E-state index contributed by atoms with van der Waals surface area (Å²) in [6.07, 6.45) is 0.823. The lowest BCUT2D eigenvalue weighted by molar-refractivity contribution is 0.112. The molecule has 0 saturated heterocycles. The average molecular weight is 231 g/mol. The van der Waals surface area contributed by atoms with Gasteiger partial charge in [-0.3, -0.25) is 4.79 Å². The zero-order valence-corrected chi connectivity index (χ0v) is 8.41. The van der Waals surface area contributed by atoms with E-state index in [1.54, 1.807) is 13.0 Å². The first-order chi connectivity index (χ1) is 5.76. The van der Waals surface area contributed by atoms with E-state index in [9.17, 15) is 4.79 Å². The van der Waals surface area contributed by atoms with Crippen LogP contribution in [-0.2, 0) is 0 Å². The Bertz CT molecular complexity index is 236. The van der Waals surface area contributed by atoms with Gasteiger partial charge < -0.3 is 5.11 Å². The molecule has 3 heteroatoms. The largest absolute Gasteiger partial charge is 0.397 e. The lowest BCUT2D eigenvalue weighted by Gasteiger charge is -1.90. The summed E-state index contributed by atoms with van der Waals surface area (Å²) in [5.41, 5.74) is 0.692. The highest BCUT2D eigenvalue weighted by molar-refractivity contribution is 9.10. The van der Waals surface area contributed by atoms with Crippen molar-refractivity contribution in [3.63, 3.8) is 0 Å². The van der Waals surface area contributed by atoms with Gasteiger partial charge in [-0.15, -0.1) is 0 Å². The highest BCUT2D eigenvalue weighted by Gasteiger charge is 1.92. The second-order valence-electron chi connectivity index (χ2n) is 1.96. The molecule has 0 unspecified atom stereocenters. The van der Waals surface area contributed by atoms with E-state index in [4.69, 9.17) is 5.11 Å². The molecule has 0 aliphatic rings. The highest BCUT2D eigenvalue weighted by atomic mass is 79.9. The minimum Gasteiger partial charge on any atom is -0.397 e. The molecule has 12 heavy (non-hydrogen) atoms. The van der Waals surface area contributed by atoms with Gasteiger partial charge in [0.05, 0.1) is 0 Å². The van der Waals surface area contributed by atoms with Crippen molar-refractivity contribution in [3.8, 4) is 0 Å². The van der Waals surface area contributed by atoms with Gasteiger partial charge in [-0.2, -0.15) is 0 Å². The van der Waals surface area contributed by atoms with Gasteiger partial charge in [0.25, 0.3) is 0 Å². The first-order valence-corrected chi connectivity index (χ1v) is 4.36. The Morgan fingerprint density at radius 3 is 2.33 bits per heavy atom. The Labute approximate surface area is 80.4 Å². The SMILES string of the molecule is CCO.O=Cc1ccccc1Br. The van der Waals surface area contributed by atoms with Gasteiger partial charge in [-0.25, -0.2) is 0 Å². The lowest BCUT2D eigenvalue weighted by Crippen LogP contribution is -1.78. The van der Waals surface area contributed by atoms with E-state index in [1.807, 2.05) is 18.2 Å². The van der Waals surface area contributed by atoms with Crippen LogP contribution in [0, 0.1) is 0 Å². The van der Waals surface area contributed by atoms with Crippen LogP contribution in [0.2, 0.25) is 0 Å². The number of aldehydes is 1. The van der Waals surface area contributed by atoms with Crippen LogP contribution in [0.1, 0.15) is 17.3 Å². The molecule has 0 aromatic heterocycles. The summed E-state index contributed by atoms with van der Waals surface area (Å²) in [5, 5.41) is 7.57. The Balaban J connectivity index is 0.000000354. The van der Waals surface area contributed by atoms with E-state index < -0.39 is 0 Å². The highest BCUT2D eigenvalue weighted by Crippen LogP contribution is 2.12. The van der Waals surface area contributed by atoms with Crippen LogP contribution in [0.25, 0.3) is 0 Å². The second kappa shape index (κ2) is 7.00. The molecule has 1 rings (SSSR count). The molecule has 0 aliphatic heterocycles. The molecule has 1 N–H and O–H groups in total. The van der Waals surface area contributed by atoms with Crippen molar-refractivity contribution in [1.29, 1.82) is 0 Å². The van der Waals surface area contributed by atoms with Gasteiger partial charge in [0.1, 0.15) is 0 Å². The quantitative estimate of drug-likeness (QED) is 0.752. The molecule has 0 atom stereocenters. The van der Waals surface area contributed by atoms with E-state index in [2.05, 4.69) is 15.9 Å². The summed E-state index contributed by atoms with van der Waals surface area (Å²) in [5.74, 6) is 0. The van der Waals surface area contributed by atoms with Gasteiger partial charge in [0.2, 0.25) is 0 Å². The second-order valence-corrected chi connectivity index (χ2v) is 2.81. The molecule has 2 nitrogen and oxygen atoms in total. The van der Waals surface area contributed by atoms with Crippen molar-refractivity contribution in [3.05, 3.63) is 34.3 Å². The van der Waals surface area contributed by atoms with Crippen LogP contribution in [0.5, 0.6) is 0 Å². The minimum absolute atomic E-state index is 0.250. The fraction of sp³-hybridized carbons (Fsp3) is 0.222. The number of benzene rings is 1. The van der Waals surface area contributed by atoms with E-state index in [0.29, 0.717) is 5.56 Å². The first kappa shape index (κ1) is 11.3. The van der Waals surface area contributed by atoms with Gasteiger partial charge >= 0.3 is 0 Å². The molecule has 0 spiro atoms. The predicted molar refractivity (Wildman–Crippen MR) is 52.3 cm³/mol. The van der Waals surface area contributed by atoms with Crippen molar-refractivity contribution < 1.29 is 9.90 Å². The topological polar surface area (TPSA) is 37.3 Å². The molecule has 0 radical (unpaired) electrons.